The molecule has 1 amide bonds. The number of fused-ring (bicyclic) bond motifs is 1. The van der Waals surface area contributed by atoms with Gasteiger partial charge in [0.05, 0.1) is 12.1 Å². The van der Waals surface area contributed by atoms with E-state index < -0.39 is 0 Å². The van der Waals surface area contributed by atoms with Crippen LogP contribution in [0.5, 0.6) is 0 Å². The van der Waals surface area contributed by atoms with E-state index in [0.29, 0.717) is 6.42 Å². The van der Waals surface area contributed by atoms with Crippen LogP contribution in [0.25, 0.3) is 16.2 Å². The van der Waals surface area contributed by atoms with Crippen molar-refractivity contribution in [2.24, 2.45) is 0 Å². The Morgan fingerprint density at radius 1 is 1.20 bits per heavy atom. The van der Waals surface area contributed by atoms with Gasteiger partial charge in [-0.2, -0.15) is 0 Å². The highest BCUT2D eigenvalue weighted by Crippen LogP contribution is 2.29. The fourth-order valence-corrected chi connectivity index (χ4v) is 5.75. The number of aryl methyl sites for hydroxylation is 1. The predicted octanol–water partition coefficient (Wildman–Crippen LogP) is 4.59. The van der Waals surface area contributed by atoms with Crippen LogP contribution < -0.4 is 10.6 Å². The quantitative estimate of drug-likeness (QED) is 0.630. The molecule has 0 spiro atoms. The van der Waals surface area contributed by atoms with Crippen LogP contribution in [0, 0.1) is 0 Å². The molecule has 0 saturated carbocycles. The van der Waals surface area contributed by atoms with Crippen LogP contribution in [0.1, 0.15) is 58.7 Å². The third kappa shape index (κ3) is 4.60. The van der Waals surface area contributed by atoms with Crippen molar-refractivity contribution < 1.29 is 4.79 Å². The third-order valence-corrected chi connectivity index (χ3v) is 6.73. The zero-order chi connectivity index (χ0) is 21.5. The number of hydrogen-bond acceptors (Lipinski definition) is 4. The maximum absolute atomic E-state index is 12.8. The van der Waals surface area contributed by atoms with Crippen LogP contribution in [0.15, 0.2) is 35.8 Å². The first kappa shape index (κ1) is 21.1. The number of nitrogens with zero attached hydrogens (tertiary/aromatic N) is 2. The number of imidazole rings is 1. The van der Waals surface area contributed by atoms with E-state index in [1.54, 1.807) is 11.3 Å². The van der Waals surface area contributed by atoms with Gasteiger partial charge in [-0.1, -0.05) is 31.2 Å². The van der Waals surface area contributed by atoms with Crippen molar-refractivity contribution in [2.45, 2.75) is 77.4 Å². The van der Waals surface area contributed by atoms with Gasteiger partial charge in [0.25, 0.3) is 0 Å². The molecule has 160 valence electrons. The lowest BCUT2D eigenvalue weighted by Crippen LogP contribution is -2.62. The van der Waals surface area contributed by atoms with E-state index in [1.165, 1.54) is 5.56 Å². The molecule has 1 fully saturated rings. The summed E-state index contributed by atoms with van der Waals surface area (Å²) in [5, 5.41) is 8.99. The van der Waals surface area contributed by atoms with Gasteiger partial charge in [0.2, 0.25) is 5.91 Å². The molecule has 1 saturated heterocycles. The van der Waals surface area contributed by atoms with Crippen molar-refractivity contribution in [2.75, 3.05) is 0 Å². The Morgan fingerprint density at radius 2 is 1.87 bits per heavy atom. The van der Waals surface area contributed by atoms with Gasteiger partial charge in [-0.15, -0.1) is 11.3 Å². The summed E-state index contributed by atoms with van der Waals surface area (Å²) in [5.74, 6) is 0.0794. The number of carbonyl (C=O) groups excluding carboxylic acids is 1. The summed E-state index contributed by atoms with van der Waals surface area (Å²) in [6.07, 6.45) is 5.32. The summed E-state index contributed by atoms with van der Waals surface area (Å²) in [5.41, 5.74) is 4.40. The predicted molar refractivity (Wildman–Crippen MR) is 124 cm³/mol. The lowest BCUT2D eigenvalue weighted by atomic mass is 9.79. The minimum atomic E-state index is 0.0158. The second-order valence-electron chi connectivity index (χ2n) is 9.80. The van der Waals surface area contributed by atoms with Crippen molar-refractivity contribution >= 4 is 22.2 Å². The molecule has 0 aliphatic carbocycles. The summed E-state index contributed by atoms with van der Waals surface area (Å²) in [4.78, 5) is 18.5. The number of carbonyl (C=O) groups is 1. The first-order valence-electron chi connectivity index (χ1n) is 10.8. The van der Waals surface area contributed by atoms with Gasteiger partial charge in [0.1, 0.15) is 0 Å². The maximum Gasteiger partial charge on any atom is 0.226 e. The van der Waals surface area contributed by atoms with Gasteiger partial charge in [0, 0.05) is 40.0 Å². The van der Waals surface area contributed by atoms with Gasteiger partial charge in [-0.3, -0.25) is 9.20 Å². The van der Waals surface area contributed by atoms with Crippen molar-refractivity contribution in [1.82, 2.24) is 20.0 Å². The Morgan fingerprint density at radius 3 is 2.50 bits per heavy atom. The lowest BCUT2D eigenvalue weighted by Gasteiger charge is -2.46. The molecule has 0 bridgehead atoms. The average molecular weight is 425 g/mol. The Labute approximate surface area is 182 Å². The lowest BCUT2D eigenvalue weighted by molar-refractivity contribution is -0.121. The van der Waals surface area contributed by atoms with E-state index in [0.717, 1.165) is 41.2 Å². The topological polar surface area (TPSA) is 58.4 Å². The maximum atomic E-state index is 12.8. The Hall–Kier alpha value is -2.18. The van der Waals surface area contributed by atoms with Crippen LogP contribution in [-0.4, -0.2) is 32.4 Å². The molecule has 30 heavy (non-hydrogen) atoms. The molecule has 3 aromatic rings. The van der Waals surface area contributed by atoms with E-state index in [1.807, 2.05) is 11.6 Å². The van der Waals surface area contributed by atoms with E-state index in [-0.39, 0.29) is 23.0 Å². The van der Waals surface area contributed by atoms with E-state index >= 15 is 0 Å². The monoisotopic (exact) mass is 424 g/mol. The van der Waals surface area contributed by atoms with Crippen molar-refractivity contribution in [3.8, 4) is 11.3 Å². The number of benzene rings is 1. The molecular weight excluding hydrogens is 392 g/mol. The SMILES string of the molecule is CCc1ccc(-c2cn3c(CC(=O)NC4CC(C)(C)NC(C)(C)C4)csc3n2)cc1. The molecule has 0 atom stereocenters. The van der Waals surface area contributed by atoms with E-state index in [4.69, 9.17) is 4.98 Å². The minimum Gasteiger partial charge on any atom is -0.353 e. The standard InChI is InChI=1S/C24H32N4OS/c1-6-16-7-9-17(10-8-16)20-14-28-19(15-30-22(28)26-20)11-21(29)25-18-12-23(2,3)27-24(4,5)13-18/h7-10,14-15,18,27H,6,11-13H2,1-5H3,(H,25,29). The summed E-state index contributed by atoms with van der Waals surface area (Å²) in [6, 6.07) is 8.74. The second kappa shape index (κ2) is 7.82. The Kier molecular flexibility index (Phi) is 5.49. The molecule has 5 nitrogen and oxygen atoms in total. The number of thiazole rings is 1. The summed E-state index contributed by atoms with van der Waals surface area (Å²) in [7, 11) is 0. The zero-order valence-corrected chi connectivity index (χ0v) is 19.4. The molecule has 2 aromatic heterocycles. The fourth-order valence-electron chi connectivity index (χ4n) is 4.87. The summed E-state index contributed by atoms with van der Waals surface area (Å²) >= 11 is 1.59. The number of nitrogens with one attached hydrogen (secondary N) is 2. The molecule has 3 heterocycles. The molecule has 0 unspecified atom stereocenters. The number of amides is 1. The average Bonchev–Trinajstić information content (AvgIpc) is 3.21. The van der Waals surface area contributed by atoms with Crippen LogP contribution >= 0.6 is 11.3 Å². The first-order chi connectivity index (χ1) is 14.1. The highest BCUT2D eigenvalue weighted by atomic mass is 32.1. The molecular formula is C24H32N4OS. The van der Waals surface area contributed by atoms with Crippen molar-refractivity contribution in [3.05, 3.63) is 47.1 Å². The van der Waals surface area contributed by atoms with Crippen LogP contribution in [0.3, 0.4) is 0 Å². The smallest absolute Gasteiger partial charge is 0.226 e. The fraction of sp³-hybridized carbons (Fsp3) is 0.500. The minimum absolute atomic E-state index is 0.0158. The molecule has 2 N–H and O–H groups in total. The highest BCUT2D eigenvalue weighted by Gasteiger charge is 2.38. The zero-order valence-electron chi connectivity index (χ0n) is 18.6. The number of rotatable bonds is 5. The van der Waals surface area contributed by atoms with E-state index in [9.17, 15) is 4.79 Å². The number of piperidine rings is 1. The summed E-state index contributed by atoms with van der Waals surface area (Å²) < 4.78 is 2.06. The Balaban J connectivity index is 1.47. The largest absolute Gasteiger partial charge is 0.353 e. The summed E-state index contributed by atoms with van der Waals surface area (Å²) in [6.45, 7) is 11.0. The third-order valence-electron chi connectivity index (χ3n) is 5.84. The highest BCUT2D eigenvalue weighted by molar-refractivity contribution is 7.15. The number of aromatic nitrogens is 2. The van der Waals surface area contributed by atoms with Crippen molar-refractivity contribution in [1.29, 1.82) is 0 Å². The van der Waals surface area contributed by atoms with Gasteiger partial charge in [-0.05, 0) is 52.5 Å². The van der Waals surface area contributed by atoms with Crippen LogP contribution in [0.4, 0.5) is 0 Å². The molecule has 0 radical (unpaired) electrons. The Bertz CT molecular complexity index is 1030. The first-order valence-corrected chi connectivity index (χ1v) is 11.7. The van der Waals surface area contributed by atoms with Gasteiger partial charge >= 0.3 is 0 Å². The normalized spacial score (nSPS) is 18.6. The molecule has 6 heteroatoms. The van der Waals surface area contributed by atoms with Gasteiger partial charge < -0.3 is 10.6 Å². The molecule has 4 rings (SSSR count). The second-order valence-corrected chi connectivity index (χ2v) is 10.6. The molecule has 1 aliphatic heterocycles. The van der Waals surface area contributed by atoms with Crippen LogP contribution in [0.2, 0.25) is 0 Å². The van der Waals surface area contributed by atoms with Crippen LogP contribution in [-0.2, 0) is 17.6 Å². The van der Waals surface area contributed by atoms with Gasteiger partial charge in [-0.25, -0.2) is 4.98 Å². The van der Waals surface area contributed by atoms with Crippen molar-refractivity contribution in [3.63, 3.8) is 0 Å². The van der Waals surface area contributed by atoms with E-state index in [2.05, 4.69) is 73.9 Å². The number of hydrogen-bond donors (Lipinski definition) is 2. The molecule has 1 aliphatic rings. The molecule has 1 aromatic carbocycles. The van der Waals surface area contributed by atoms with Gasteiger partial charge in [0.15, 0.2) is 4.96 Å².